The van der Waals surface area contributed by atoms with Crippen LogP contribution in [0, 0.1) is 16.0 Å². The zero-order valence-electron chi connectivity index (χ0n) is 12.7. The van der Waals surface area contributed by atoms with Gasteiger partial charge in [0, 0.05) is 25.1 Å². The van der Waals surface area contributed by atoms with Crippen molar-refractivity contribution in [3.63, 3.8) is 0 Å². The lowest BCUT2D eigenvalue weighted by Gasteiger charge is -2.24. The van der Waals surface area contributed by atoms with Gasteiger partial charge in [-0.15, -0.1) is 0 Å². The molecule has 1 atom stereocenters. The number of phenols is 1. The van der Waals surface area contributed by atoms with E-state index in [4.69, 9.17) is 0 Å². The van der Waals surface area contributed by atoms with Gasteiger partial charge >= 0.3 is 11.8 Å². The first-order valence-corrected chi connectivity index (χ1v) is 7.27. The van der Waals surface area contributed by atoms with Gasteiger partial charge in [-0.1, -0.05) is 13.8 Å². The highest BCUT2D eigenvalue weighted by atomic mass is 16.6. The molecule has 1 amide bonds. The van der Waals surface area contributed by atoms with Crippen molar-refractivity contribution < 1.29 is 19.9 Å². The Hall–Kier alpha value is -2.31. The van der Waals surface area contributed by atoms with Crippen molar-refractivity contribution in [1.82, 2.24) is 4.90 Å². The van der Waals surface area contributed by atoms with E-state index in [0.717, 1.165) is 17.5 Å². The lowest BCUT2D eigenvalue weighted by Crippen LogP contribution is -2.33. The average Bonchev–Trinajstić information content (AvgIpc) is 2.57. The molecule has 7 nitrogen and oxygen atoms in total. The summed E-state index contributed by atoms with van der Waals surface area (Å²) < 4.78 is 0. The molecule has 0 aromatic heterocycles. The van der Waals surface area contributed by atoms with E-state index < -0.39 is 11.0 Å². The van der Waals surface area contributed by atoms with Crippen LogP contribution in [0.25, 0.3) is 0 Å². The largest absolute Gasteiger partial charge is 0.502 e. The first-order valence-electron chi connectivity index (χ1n) is 7.27. The number of hydrogen-bond donors (Lipinski definition) is 2. The lowest BCUT2D eigenvalue weighted by molar-refractivity contribution is -0.386. The molecule has 0 saturated heterocycles. The highest BCUT2D eigenvalue weighted by molar-refractivity contribution is 5.65. The molecule has 1 heterocycles. The Labute approximate surface area is 128 Å². The summed E-state index contributed by atoms with van der Waals surface area (Å²) in [6.45, 7) is 4.71. The Bertz CT molecular complexity index is 600. The molecule has 1 unspecified atom stereocenters. The minimum Gasteiger partial charge on any atom is -0.502 e. The number of rotatable bonds is 3. The Kier molecular flexibility index (Phi) is 4.54. The minimum absolute atomic E-state index is 0.104. The van der Waals surface area contributed by atoms with Crippen molar-refractivity contribution in [3.8, 4) is 5.75 Å². The predicted molar refractivity (Wildman–Crippen MR) is 80.3 cm³/mol. The predicted octanol–water partition coefficient (Wildman–Crippen LogP) is 2.97. The van der Waals surface area contributed by atoms with E-state index in [1.807, 2.05) is 13.8 Å². The highest BCUT2D eigenvalue weighted by Gasteiger charge is 2.29. The monoisotopic (exact) mass is 308 g/mol. The Morgan fingerprint density at radius 1 is 1.50 bits per heavy atom. The zero-order chi connectivity index (χ0) is 16.4. The molecule has 0 fully saturated rings. The number of phenolic OH excluding ortho intramolecular Hbond substituents is 1. The van der Waals surface area contributed by atoms with E-state index in [1.54, 1.807) is 0 Å². The molecule has 0 bridgehead atoms. The molecule has 1 aromatic rings. The molecule has 0 spiro atoms. The molecule has 2 rings (SSSR count). The van der Waals surface area contributed by atoms with Gasteiger partial charge in [0.25, 0.3) is 0 Å². The van der Waals surface area contributed by atoms with Crippen molar-refractivity contribution in [2.45, 2.75) is 32.6 Å². The first kappa shape index (κ1) is 16.1. The fraction of sp³-hybridized carbons (Fsp3) is 0.533. The number of amides is 1. The van der Waals surface area contributed by atoms with Crippen LogP contribution in [0.2, 0.25) is 0 Å². The maximum Gasteiger partial charge on any atom is 0.407 e. The normalized spacial score (nSPS) is 18.0. The van der Waals surface area contributed by atoms with Gasteiger partial charge in [-0.25, -0.2) is 4.79 Å². The summed E-state index contributed by atoms with van der Waals surface area (Å²) >= 11 is 0. The van der Waals surface area contributed by atoms with Crippen molar-refractivity contribution in [1.29, 1.82) is 0 Å². The maximum atomic E-state index is 11.3. The van der Waals surface area contributed by atoms with Crippen LogP contribution in [0.3, 0.4) is 0 Å². The first-order chi connectivity index (χ1) is 10.3. The van der Waals surface area contributed by atoms with Crippen LogP contribution in [0.1, 0.15) is 37.3 Å². The molecular weight excluding hydrogens is 288 g/mol. The Balaban J connectivity index is 2.48. The third kappa shape index (κ3) is 3.29. The Morgan fingerprint density at radius 3 is 2.73 bits per heavy atom. The molecule has 22 heavy (non-hydrogen) atoms. The summed E-state index contributed by atoms with van der Waals surface area (Å²) in [5.41, 5.74) is 1.25. The molecule has 2 N–H and O–H groups in total. The fourth-order valence-electron chi connectivity index (χ4n) is 3.03. The molecule has 120 valence electrons. The molecule has 7 heteroatoms. The van der Waals surface area contributed by atoms with E-state index in [2.05, 4.69) is 0 Å². The maximum absolute atomic E-state index is 11.3. The van der Waals surface area contributed by atoms with Crippen LogP contribution >= 0.6 is 0 Å². The number of fused-ring (bicyclic) bond motifs is 1. The number of nitro benzene ring substituents is 1. The summed E-state index contributed by atoms with van der Waals surface area (Å²) in [6, 6.07) is 2.81. The van der Waals surface area contributed by atoms with Gasteiger partial charge in [0.2, 0.25) is 0 Å². The number of carbonyl (C=O) groups is 1. The summed E-state index contributed by atoms with van der Waals surface area (Å²) in [5.74, 6) is -0.136. The second-order valence-electron chi connectivity index (χ2n) is 6.10. The van der Waals surface area contributed by atoms with Gasteiger partial charge in [0.05, 0.1) is 4.92 Å². The molecule has 0 aliphatic carbocycles. The van der Waals surface area contributed by atoms with E-state index in [9.17, 15) is 25.1 Å². The summed E-state index contributed by atoms with van der Waals surface area (Å²) in [7, 11) is 0. The average molecular weight is 308 g/mol. The number of hydrogen-bond acceptors (Lipinski definition) is 4. The van der Waals surface area contributed by atoms with Gasteiger partial charge in [0.15, 0.2) is 5.75 Å². The molecule has 1 aliphatic rings. The van der Waals surface area contributed by atoms with Gasteiger partial charge in [-0.05, 0) is 36.0 Å². The van der Waals surface area contributed by atoms with Crippen LogP contribution in [-0.2, 0) is 6.42 Å². The van der Waals surface area contributed by atoms with E-state index in [0.29, 0.717) is 25.4 Å². The molecular formula is C15H20N2O5. The number of nitrogens with zero attached hydrogens (tertiary/aromatic N) is 2. The zero-order valence-corrected chi connectivity index (χ0v) is 12.7. The van der Waals surface area contributed by atoms with Crippen LogP contribution in [0.5, 0.6) is 5.75 Å². The topological polar surface area (TPSA) is 104 Å². The van der Waals surface area contributed by atoms with Crippen LogP contribution < -0.4 is 0 Å². The third-order valence-electron chi connectivity index (χ3n) is 3.99. The lowest BCUT2D eigenvalue weighted by atomic mass is 9.87. The van der Waals surface area contributed by atoms with E-state index in [1.165, 1.54) is 17.0 Å². The molecule has 1 aromatic carbocycles. The van der Waals surface area contributed by atoms with Gasteiger partial charge in [-0.3, -0.25) is 10.1 Å². The van der Waals surface area contributed by atoms with Crippen molar-refractivity contribution in [2.75, 3.05) is 13.1 Å². The van der Waals surface area contributed by atoms with Crippen molar-refractivity contribution in [3.05, 3.63) is 33.4 Å². The van der Waals surface area contributed by atoms with Gasteiger partial charge in [-0.2, -0.15) is 0 Å². The summed E-state index contributed by atoms with van der Waals surface area (Å²) in [4.78, 5) is 23.1. The second kappa shape index (κ2) is 6.21. The fourth-order valence-corrected chi connectivity index (χ4v) is 3.03. The molecule has 0 saturated carbocycles. The molecule has 0 radical (unpaired) electrons. The third-order valence-corrected chi connectivity index (χ3v) is 3.99. The standard InChI is InChI=1S/C15H20N2O5/c1-9(2)5-11-8-16(15(19)20)4-3-10-6-14(18)13(17(21)22)7-12(10)11/h6-7,9,11,18H,3-5,8H2,1-2H3,(H,19,20). The SMILES string of the molecule is CC(C)CC1CN(C(=O)O)CCc2cc(O)c([N+](=O)[O-])cc21. The minimum atomic E-state index is -0.986. The van der Waals surface area contributed by atoms with Crippen molar-refractivity contribution >= 4 is 11.8 Å². The number of benzene rings is 1. The number of carboxylic acid groups (broad SMARTS) is 1. The van der Waals surface area contributed by atoms with Crippen LogP contribution in [-0.4, -0.2) is 39.2 Å². The van der Waals surface area contributed by atoms with Gasteiger partial charge in [0.1, 0.15) is 0 Å². The second-order valence-corrected chi connectivity index (χ2v) is 6.10. The molecule has 1 aliphatic heterocycles. The van der Waals surface area contributed by atoms with Crippen LogP contribution in [0.15, 0.2) is 12.1 Å². The number of nitro groups is 1. The van der Waals surface area contributed by atoms with Gasteiger partial charge < -0.3 is 15.1 Å². The summed E-state index contributed by atoms with van der Waals surface area (Å²) in [5, 5.41) is 30.1. The van der Waals surface area contributed by atoms with Crippen molar-refractivity contribution in [2.24, 2.45) is 5.92 Å². The smallest absolute Gasteiger partial charge is 0.407 e. The van der Waals surface area contributed by atoms with E-state index in [-0.39, 0.29) is 17.4 Å². The summed E-state index contributed by atoms with van der Waals surface area (Å²) in [6.07, 6.45) is 0.195. The number of aromatic hydroxyl groups is 1. The highest BCUT2D eigenvalue weighted by Crippen LogP contribution is 2.37. The van der Waals surface area contributed by atoms with E-state index >= 15 is 0 Å². The Morgan fingerprint density at radius 2 is 2.18 bits per heavy atom. The van der Waals surface area contributed by atoms with Crippen LogP contribution in [0.4, 0.5) is 10.5 Å². The quantitative estimate of drug-likeness (QED) is 0.660.